The molecule has 14 nitrogen and oxygen atoms in total. The van der Waals surface area contributed by atoms with Crippen molar-refractivity contribution in [1.29, 1.82) is 0 Å². The first-order chi connectivity index (χ1) is 16.8. The predicted octanol–water partition coefficient (Wildman–Crippen LogP) is -2.78. The van der Waals surface area contributed by atoms with Crippen molar-refractivity contribution in [2.45, 2.75) is 62.9 Å². The Labute approximate surface area is 206 Å². The summed E-state index contributed by atoms with van der Waals surface area (Å²) in [7, 11) is 0. The normalized spacial score (nSPS) is 14.9. The number of benzene rings is 1. The molecule has 0 heterocycles. The second-order valence-corrected chi connectivity index (χ2v) is 8.08. The first kappa shape index (κ1) is 30.0. The third-order valence-corrected chi connectivity index (χ3v) is 5.04. The minimum atomic E-state index is -1.80. The van der Waals surface area contributed by atoms with Gasteiger partial charge in [-0.05, 0) is 18.9 Å². The van der Waals surface area contributed by atoms with Crippen molar-refractivity contribution in [1.82, 2.24) is 16.0 Å². The molecule has 1 rings (SSSR count). The van der Waals surface area contributed by atoms with E-state index in [9.17, 15) is 39.0 Å². The zero-order chi connectivity index (χ0) is 27.4. The molecular weight excluding hydrogens is 478 g/mol. The Kier molecular flexibility index (Phi) is 12.0. The van der Waals surface area contributed by atoms with E-state index in [0.29, 0.717) is 5.56 Å². The van der Waals surface area contributed by atoms with Crippen molar-refractivity contribution in [2.24, 2.45) is 11.5 Å². The molecule has 198 valence electrons. The summed E-state index contributed by atoms with van der Waals surface area (Å²) in [4.78, 5) is 71.7. The van der Waals surface area contributed by atoms with Gasteiger partial charge in [0.05, 0.1) is 12.5 Å². The minimum absolute atomic E-state index is 0.0358. The lowest BCUT2D eigenvalue weighted by atomic mass is 10.0. The zero-order valence-electron chi connectivity index (χ0n) is 19.5. The van der Waals surface area contributed by atoms with Crippen molar-refractivity contribution >= 4 is 35.6 Å². The number of carbonyl (C=O) groups is 6. The molecule has 0 saturated carbocycles. The van der Waals surface area contributed by atoms with Gasteiger partial charge in [-0.1, -0.05) is 30.3 Å². The van der Waals surface area contributed by atoms with Crippen LogP contribution in [0, 0.1) is 0 Å². The largest absolute Gasteiger partial charge is 0.481 e. The Bertz CT molecular complexity index is 954. The maximum atomic E-state index is 13.1. The molecule has 0 aliphatic heterocycles. The summed E-state index contributed by atoms with van der Waals surface area (Å²) in [6, 6.07) is 2.59. The van der Waals surface area contributed by atoms with E-state index in [1.54, 1.807) is 30.3 Å². The molecule has 0 saturated heterocycles. The summed E-state index contributed by atoms with van der Waals surface area (Å²) in [5, 5.41) is 34.4. The average Bonchev–Trinajstić information content (AvgIpc) is 2.80. The van der Waals surface area contributed by atoms with Crippen LogP contribution in [0.1, 0.15) is 31.7 Å². The number of amides is 4. The van der Waals surface area contributed by atoms with E-state index in [0.717, 1.165) is 0 Å². The van der Waals surface area contributed by atoms with Crippen molar-refractivity contribution in [3.05, 3.63) is 35.9 Å². The van der Waals surface area contributed by atoms with Crippen LogP contribution in [0.15, 0.2) is 30.3 Å². The quantitative estimate of drug-likeness (QED) is 0.121. The molecular formula is C22H31N5O9. The Morgan fingerprint density at radius 2 is 1.39 bits per heavy atom. The number of aliphatic hydroxyl groups is 1. The lowest BCUT2D eigenvalue weighted by molar-refractivity contribution is -0.147. The van der Waals surface area contributed by atoms with Crippen molar-refractivity contribution in [2.75, 3.05) is 0 Å². The number of rotatable bonds is 15. The summed E-state index contributed by atoms with van der Waals surface area (Å²) in [5.41, 5.74) is 11.4. The molecule has 36 heavy (non-hydrogen) atoms. The van der Waals surface area contributed by atoms with Gasteiger partial charge in [0, 0.05) is 12.8 Å². The van der Waals surface area contributed by atoms with Gasteiger partial charge in [-0.2, -0.15) is 0 Å². The number of carboxylic acids is 2. The molecule has 0 aromatic heterocycles. The molecule has 5 unspecified atom stereocenters. The van der Waals surface area contributed by atoms with Gasteiger partial charge in [0.15, 0.2) is 0 Å². The Balaban J connectivity index is 3.14. The third kappa shape index (κ3) is 10.5. The zero-order valence-corrected chi connectivity index (χ0v) is 19.5. The molecule has 0 bridgehead atoms. The molecule has 0 aliphatic carbocycles. The Morgan fingerprint density at radius 3 is 1.89 bits per heavy atom. The second-order valence-electron chi connectivity index (χ2n) is 8.08. The highest BCUT2D eigenvalue weighted by Crippen LogP contribution is 2.07. The minimum Gasteiger partial charge on any atom is -0.481 e. The second kappa shape index (κ2) is 14.4. The van der Waals surface area contributed by atoms with E-state index in [1.807, 2.05) is 5.32 Å². The molecule has 0 aliphatic rings. The fourth-order valence-electron chi connectivity index (χ4n) is 3.02. The lowest BCUT2D eigenvalue weighted by Crippen LogP contribution is -2.58. The summed E-state index contributed by atoms with van der Waals surface area (Å²) >= 11 is 0. The number of hydrogen-bond acceptors (Lipinski definition) is 8. The summed E-state index contributed by atoms with van der Waals surface area (Å²) < 4.78 is 0. The average molecular weight is 510 g/mol. The van der Waals surface area contributed by atoms with Crippen LogP contribution in [-0.4, -0.2) is 81.2 Å². The van der Waals surface area contributed by atoms with E-state index in [2.05, 4.69) is 10.6 Å². The number of nitrogens with one attached hydrogen (secondary N) is 3. The SMILES string of the molecule is CC(O)C(N)C(=O)NC(Cc1ccccc1)C(=O)NC(CCC(N)=O)C(=O)NC(CC(=O)O)C(=O)O. The third-order valence-electron chi connectivity index (χ3n) is 5.04. The van der Waals surface area contributed by atoms with E-state index in [1.165, 1.54) is 6.92 Å². The highest BCUT2D eigenvalue weighted by atomic mass is 16.4. The van der Waals surface area contributed by atoms with Crippen LogP contribution in [-0.2, 0) is 35.2 Å². The molecule has 10 N–H and O–H groups in total. The monoisotopic (exact) mass is 509 g/mol. The molecule has 1 aromatic rings. The van der Waals surface area contributed by atoms with E-state index in [-0.39, 0.29) is 19.3 Å². The number of carboxylic acid groups (broad SMARTS) is 2. The standard InChI is InChI=1S/C22H31N5O9/c1-11(28)18(24)21(34)26-14(9-12-5-3-2-4-6-12)20(33)25-13(7-8-16(23)29)19(32)27-15(22(35)36)10-17(30)31/h2-6,11,13-15,18,28H,7-10,24H2,1H3,(H2,23,29)(H,25,33)(H,26,34)(H,27,32)(H,30,31)(H,35,36). The summed E-state index contributed by atoms with van der Waals surface area (Å²) in [5.74, 6) is -6.69. The molecule has 14 heteroatoms. The Morgan fingerprint density at radius 1 is 0.861 bits per heavy atom. The highest BCUT2D eigenvalue weighted by molar-refractivity contribution is 5.95. The van der Waals surface area contributed by atoms with E-state index < -0.39 is 72.3 Å². The van der Waals surface area contributed by atoms with Gasteiger partial charge < -0.3 is 42.7 Å². The molecule has 1 aromatic carbocycles. The first-order valence-corrected chi connectivity index (χ1v) is 10.9. The van der Waals surface area contributed by atoms with Crippen LogP contribution in [0.2, 0.25) is 0 Å². The van der Waals surface area contributed by atoms with Crippen LogP contribution in [0.4, 0.5) is 0 Å². The van der Waals surface area contributed by atoms with Crippen molar-refractivity contribution in [3.63, 3.8) is 0 Å². The van der Waals surface area contributed by atoms with Gasteiger partial charge in [-0.3, -0.25) is 24.0 Å². The van der Waals surface area contributed by atoms with Crippen molar-refractivity contribution in [3.8, 4) is 0 Å². The maximum absolute atomic E-state index is 13.1. The van der Waals surface area contributed by atoms with Crippen LogP contribution in [0.25, 0.3) is 0 Å². The lowest BCUT2D eigenvalue weighted by Gasteiger charge is -2.25. The highest BCUT2D eigenvalue weighted by Gasteiger charge is 2.32. The molecule has 5 atom stereocenters. The molecule has 4 amide bonds. The van der Waals surface area contributed by atoms with Crippen molar-refractivity contribution < 1.29 is 44.1 Å². The number of aliphatic hydroxyl groups excluding tert-OH is 1. The number of nitrogens with two attached hydrogens (primary N) is 2. The van der Waals surface area contributed by atoms with E-state index in [4.69, 9.17) is 16.6 Å². The summed E-state index contributed by atoms with van der Waals surface area (Å²) in [6.07, 6.45) is -2.88. The predicted molar refractivity (Wildman–Crippen MR) is 124 cm³/mol. The van der Waals surface area contributed by atoms with Crippen LogP contribution < -0.4 is 27.4 Å². The molecule has 0 radical (unpaired) electrons. The smallest absolute Gasteiger partial charge is 0.326 e. The van der Waals surface area contributed by atoms with Crippen LogP contribution in [0.3, 0.4) is 0 Å². The van der Waals surface area contributed by atoms with Gasteiger partial charge in [0.25, 0.3) is 0 Å². The molecule has 0 spiro atoms. The number of carbonyl (C=O) groups excluding carboxylic acids is 4. The first-order valence-electron chi connectivity index (χ1n) is 10.9. The fourth-order valence-corrected chi connectivity index (χ4v) is 3.02. The maximum Gasteiger partial charge on any atom is 0.326 e. The molecule has 0 fully saturated rings. The fraction of sp³-hybridized carbons (Fsp3) is 0.455. The topological polar surface area (TPSA) is 251 Å². The van der Waals surface area contributed by atoms with Gasteiger partial charge >= 0.3 is 11.9 Å². The van der Waals surface area contributed by atoms with Crippen LogP contribution in [0.5, 0.6) is 0 Å². The number of aliphatic carboxylic acids is 2. The van der Waals surface area contributed by atoms with Crippen LogP contribution >= 0.6 is 0 Å². The van der Waals surface area contributed by atoms with Gasteiger partial charge in [-0.15, -0.1) is 0 Å². The van der Waals surface area contributed by atoms with Gasteiger partial charge in [0.2, 0.25) is 23.6 Å². The Hall–Kier alpha value is -4.04. The van der Waals surface area contributed by atoms with Gasteiger partial charge in [0.1, 0.15) is 24.2 Å². The summed E-state index contributed by atoms with van der Waals surface area (Å²) in [6.45, 7) is 1.29. The number of hydrogen-bond donors (Lipinski definition) is 8. The van der Waals surface area contributed by atoms with Gasteiger partial charge in [-0.25, -0.2) is 4.79 Å². The number of primary amides is 1. The van der Waals surface area contributed by atoms with E-state index >= 15 is 0 Å².